The standard InChI is InChI=1S/C15H15N5O/c1-20-9-11(8-18-20)14(16)15(21)19-12-4-5-13-10(7-12)3-2-6-17-13/h2-9,14H,16H2,1H3,(H,19,21). The summed E-state index contributed by atoms with van der Waals surface area (Å²) in [6, 6.07) is 8.59. The molecular weight excluding hydrogens is 266 g/mol. The zero-order valence-electron chi connectivity index (χ0n) is 11.5. The Bertz CT molecular complexity index is 795. The number of fused-ring (bicyclic) bond motifs is 1. The molecule has 0 saturated carbocycles. The first-order valence-corrected chi connectivity index (χ1v) is 6.53. The largest absolute Gasteiger partial charge is 0.324 e. The maximum atomic E-state index is 12.2. The third kappa shape index (κ3) is 2.75. The Morgan fingerprint density at radius 3 is 3.00 bits per heavy atom. The Morgan fingerprint density at radius 2 is 2.24 bits per heavy atom. The van der Waals surface area contributed by atoms with Crippen LogP contribution in [0.3, 0.4) is 0 Å². The quantitative estimate of drug-likeness (QED) is 0.763. The molecule has 0 bridgehead atoms. The van der Waals surface area contributed by atoms with E-state index in [1.165, 1.54) is 0 Å². The van der Waals surface area contributed by atoms with Crippen molar-refractivity contribution in [2.24, 2.45) is 12.8 Å². The number of aromatic nitrogens is 3. The molecule has 1 unspecified atom stereocenters. The number of hydrogen-bond acceptors (Lipinski definition) is 4. The second-order valence-corrected chi connectivity index (χ2v) is 4.83. The number of aryl methyl sites for hydroxylation is 1. The van der Waals surface area contributed by atoms with E-state index in [-0.39, 0.29) is 5.91 Å². The highest BCUT2D eigenvalue weighted by Crippen LogP contribution is 2.18. The lowest BCUT2D eigenvalue weighted by Crippen LogP contribution is -2.27. The molecule has 2 aromatic heterocycles. The normalized spacial score (nSPS) is 12.3. The van der Waals surface area contributed by atoms with Crippen LogP contribution in [0.25, 0.3) is 10.9 Å². The Hall–Kier alpha value is -2.73. The molecule has 6 heteroatoms. The van der Waals surface area contributed by atoms with Crippen LogP contribution in [0, 0.1) is 0 Å². The van der Waals surface area contributed by atoms with E-state index < -0.39 is 6.04 Å². The van der Waals surface area contributed by atoms with Crippen LogP contribution in [-0.2, 0) is 11.8 Å². The Morgan fingerprint density at radius 1 is 1.38 bits per heavy atom. The number of nitrogens with two attached hydrogens (primary N) is 1. The van der Waals surface area contributed by atoms with Gasteiger partial charge >= 0.3 is 0 Å². The minimum absolute atomic E-state index is 0.272. The molecule has 0 radical (unpaired) electrons. The second kappa shape index (κ2) is 5.34. The number of carbonyl (C=O) groups excluding carboxylic acids is 1. The van der Waals surface area contributed by atoms with Crippen molar-refractivity contribution < 1.29 is 4.79 Å². The molecule has 1 aromatic carbocycles. The van der Waals surface area contributed by atoms with Gasteiger partial charge in [-0.25, -0.2) is 0 Å². The molecule has 1 amide bonds. The van der Waals surface area contributed by atoms with Gasteiger partial charge in [-0.3, -0.25) is 14.5 Å². The predicted octanol–water partition coefficient (Wildman–Crippen LogP) is 1.61. The molecule has 0 spiro atoms. The van der Waals surface area contributed by atoms with Crippen molar-refractivity contribution in [3.63, 3.8) is 0 Å². The smallest absolute Gasteiger partial charge is 0.246 e. The Balaban J connectivity index is 1.79. The van der Waals surface area contributed by atoms with Crippen LogP contribution in [0.1, 0.15) is 11.6 Å². The summed E-state index contributed by atoms with van der Waals surface area (Å²) in [5, 5.41) is 7.79. The van der Waals surface area contributed by atoms with E-state index >= 15 is 0 Å². The first-order valence-electron chi connectivity index (χ1n) is 6.53. The molecule has 6 nitrogen and oxygen atoms in total. The third-order valence-corrected chi connectivity index (χ3v) is 3.24. The molecule has 1 atom stereocenters. The van der Waals surface area contributed by atoms with Gasteiger partial charge in [-0.05, 0) is 24.3 Å². The average molecular weight is 281 g/mol. The van der Waals surface area contributed by atoms with E-state index in [0.29, 0.717) is 11.3 Å². The molecule has 3 N–H and O–H groups in total. The molecule has 3 aromatic rings. The number of pyridine rings is 1. The van der Waals surface area contributed by atoms with E-state index in [9.17, 15) is 4.79 Å². The molecular formula is C15H15N5O. The van der Waals surface area contributed by atoms with E-state index in [1.807, 2.05) is 30.3 Å². The molecule has 0 fully saturated rings. The van der Waals surface area contributed by atoms with Crippen molar-refractivity contribution in [2.45, 2.75) is 6.04 Å². The van der Waals surface area contributed by atoms with Crippen molar-refractivity contribution in [3.05, 3.63) is 54.5 Å². The Labute approximate surface area is 121 Å². The fourth-order valence-corrected chi connectivity index (χ4v) is 2.13. The van der Waals surface area contributed by atoms with E-state index in [2.05, 4.69) is 15.4 Å². The lowest BCUT2D eigenvalue weighted by molar-refractivity contribution is -0.117. The fourth-order valence-electron chi connectivity index (χ4n) is 2.13. The highest BCUT2D eigenvalue weighted by atomic mass is 16.2. The number of hydrogen-bond donors (Lipinski definition) is 2. The van der Waals surface area contributed by atoms with Gasteiger partial charge in [-0.1, -0.05) is 6.07 Å². The third-order valence-electron chi connectivity index (χ3n) is 3.24. The zero-order chi connectivity index (χ0) is 14.8. The summed E-state index contributed by atoms with van der Waals surface area (Å²) >= 11 is 0. The summed E-state index contributed by atoms with van der Waals surface area (Å²) in [6.45, 7) is 0. The van der Waals surface area contributed by atoms with Crippen LogP contribution < -0.4 is 11.1 Å². The molecule has 3 rings (SSSR count). The summed E-state index contributed by atoms with van der Waals surface area (Å²) < 4.78 is 1.62. The number of rotatable bonds is 3. The van der Waals surface area contributed by atoms with Crippen molar-refractivity contribution in [3.8, 4) is 0 Å². The van der Waals surface area contributed by atoms with Crippen molar-refractivity contribution in [2.75, 3.05) is 5.32 Å². The van der Waals surface area contributed by atoms with Crippen LogP contribution in [0.15, 0.2) is 48.9 Å². The van der Waals surface area contributed by atoms with E-state index in [0.717, 1.165) is 10.9 Å². The summed E-state index contributed by atoms with van der Waals surface area (Å²) in [5.41, 5.74) is 8.19. The number of carbonyl (C=O) groups is 1. The summed E-state index contributed by atoms with van der Waals surface area (Å²) in [5.74, 6) is -0.272. The second-order valence-electron chi connectivity index (χ2n) is 4.83. The highest BCUT2D eigenvalue weighted by molar-refractivity contribution is 5.97. The van der Waals surface area contributed by atoms with Crippen molar-refractivity contribution >= 4 is 22.5 Å². The molecule has 106 valence electrons. The van der Waals surface area contributed by atoms with Gasteiger partial charge in [0.2, 0.25) is 5.91 Å². The first kappa shape index (κ1) is 13.3. The van der Waals surface area contributed by atoms with Gasteiger partial charge in [0.15, 0.2) is 0 Å². The minimum atomic E-state index is -0.747. The molecule has 0 saturated heterocycles. The lowest BCUT2D eigenvalue weighted by Gasteiger charge is -2.11. The van der Waals surface area contributed by atoms with Crippen LogP contribution in [0.2, 0.25) is 0 Å². The summed E-state index contributed by atoms with van der Waals surface area (Å²) in [7, 11) is 1.78. The topological polar surface area (TPSA) is 85.8 Å². The number of benzene rings is 1. The number of anilines is 1. The van der Waals surface area contributed by atoms with Gasteiger partial charge < -0.3 is 11.1 Å². The van der Waals surface area contributed by atoms with Crippen LogP contribution in [0.4, 0.5) is 5.69 Å². The van der Waals surface area contributed by atoms with Crippen LogP contribution in [-0.4, -0.2) is 20.7 Å². The van der Waals surface area contributed by atoms with Gasteiger partial charge in [-0.2, -0.15) is 5.10 Å². The lowest BCUT2D eigenvalue weighted by atomic mass is 10.1. The molecule has 0 aliphatic carbocycles. The monoisotopic (exact) mass is 281 g/mol. The molecule has 0 aliphatic rings. The van der Waals surface area contributed by atoms with Crippen molar-refractivity contribution in [1.82, 2.24) is 14.8 Å². The SMILES string of the molecule is Cn1cc(C(N)C(=O)Nc2ccc3ncccc3c2)cn1. The predicted molar refractivity (Wildman–Crippen MR) is 80.5 cm³/mol. The van der Waals surface area contributed by atoms with Gasteiger partial charge in [0.05, 0.1) is 11.7 Å². The minimum Gasteiger partial charge on any atom is -0.324 e. The van der Waals surface area contributed by atoms with Crippen molar-refractivity contribution in [1.29, 1.82) is 0 Å². The van der Waals surface area contributed by atoms with Crippen LogP contribution in [0.5, 0.6) is 0 Å². The van der Waals surface area contributed by atoms with Gasteiger partial charge in [0.25, 0.3) is 0 Å². The van der Waals surface area contributed by atoms with Crippen LogP contribution >= 0.6 is 0 Å². The first-order chi connectivity index (χ1) is 10.1. The maximum absolute atomic E-state index is 12.2. The van der Waals surface area contributed by atoms with E-state index in [1.54, 1.807) is 30.3 Å². The number of amides is 1. The van der Waals surface area contributed by atoms with Gasteiger partial charge in [-0.15, -0.1) is 0 Å². The Kier molecular flexibility index (Phi) is 3.37. The number of nitrogens with one attached hydrogen (secondary N) is 1. The maximum Gasteiger partial charge on any atom is 0.246 e. The van der Waals surface area contributed by atoms with Gasteiger partial charge in [0, 0.05) is 36.1 Å². The number of nitrogens with zero attached hydrogens (tertiary/aromatic N) is 3. The summed E-state index contributed by atoms with van der Waals surface area (Å²) in [6.07, 6.45) is 5.06. The zero-order valence-corrected chi connectivity index (χ0v) is 11.5. The fraction of sp³-hybridized carbons (Fsp3) is 0.133. The molecule has 0 aliphatic heterocycles. The molecule has 21 heavy (non-hydrogen) atoms. The molecule has 2 heterocycles. The average Bonchev–Trinajstić information content (AvgIpc) is 2.93. The van der Waals surface area contributed by atoms with E-state index in [4.69, 9.17) is 5.73 Å². The highest BCUT2D eigenvalue weighted by Gasteiger charge is 2.17. The summed E-state index contributed by atoms with van der Waals surface area (Å²) in [4.78, 5) is 16.4. The van der Waals surface area contributed by atoms with Gasteiger partial charge in [0.1, 0.15) is 6.04 Å².